The maximum Gasteiger partial charge on any atom is 0.181 e. The molecule has 0 fully saturated rings. The van der Waals surface area contributed by atoms with E-state index in [1.807, 2.05) is 30.7 Å². The van der Waals surface area contributed by atoms with E-state index in [9.17, 15) is 0 Å². The van der Waals surface area contributed by atoms with Crippen molar-refractivity contribution in [3.05, 3.63) is 55.1 Å². The number of rotatable bonds is 5. The van der Waals surface area contributed by atoms with E-state index in [0.717, 1.165) is 29.2 Å². The number of nitrogens with zero attached hydrogens (tertiary/aromatic N) is 3. The first-order valence-electron chi connectivity index (χ1n) is 6.97. The Labute approximate surface area is 123 Å². The van der Waals surface area contributed by atoms with Crippen LogP contribution in [0.3, 0.4) is 0 Å². The monoisotopic (exact) mass is 282 g/mol. The molecule has 1 N–H and O–H groups in total. The van der Waals surface area contributed by atoms with Gasteiger partial charge in [-0.2, -0.15) is 0 Å². The Hall–Kier alpha value is -2.56. The second kappa shape index (κ2) is 5.83. The predicted molar refractivity (Wildman–Crippen MR) is 81.9 cm³/mol. The summed E-state index contributed by atoms with van der Waals surface area (Å²) in [5, 5.41) is 3.42. The van der Waals surface area contributed by atoms with Gasteiger partial charge in [-0.15, -0.1) is 0 Å². The average Bonchev–Trinajstić information content (AvgIpc) is 3.16. The van der Waals surface area contributed by atoms with E-state index in [-0.39, 0.29) is 0 Å². The van der Waals surface area contributed by atoms with E-state index >= 15 is 0 Å². The van der Waals surface area contributed by atoms with Crippen molar-refractivity contribution in [1.82, 2.24) is 14.5 Å². The molecule has 3 rings (SSSR count). The van der Waals surface area contributed by atoms with Gasteiger partial charge in [-0.05, 0) is 26.0 Å². The lowest BCUT2D eigenvalue weighted by molar-refractivity contribution is 0.572. The van der Waals surface area contributed by atoms with Crippen LogP contribution >= 0.6 is 0 Å². The molecule has 0 bridgehead atoms. The van der Waals surface area contributed by atoms with E-state index in [0.29, 0.717) is 6.04 Å². The summed E-state index contributed by atoms with van der Waals surface area (Å²) in [4.78, 5) is 8.16. The van der Waals surface area contributed by atoms with Gasteiger partial charge < -0.3 is 14.3 Å². The van der Waals surface area contributed by atoms with Crippen molar-refractivity contribution in [3.8, 4) is 11.3 Å². The van der Waals surface area contributed by atoms with Crippen LogP contribution in [0, 0.1) is 0 Å². The Morgan fingerprint density at radius 1 is 1.24 bits per heavy atom. The fraction of sp³-hybridized carbons (Fsp3) is 0.250. The zero-order valence-corrected chi connectivity index (χ0v) is 12.2. The van der Waals surface area contributed by atoms with Gasteiger partial charge in [0.25, 0.3) is 0 Å². The highest BCUT2D eigenvalue weighted by molar-refractivity contribution is 5.63. The third-order valence-electron chi connectivity index (χ3n) is 3.36. The summed E-state index contributed by atoms with van der Waals surface area (Å²) < 4.78 is 7.48. The van der Waals surface area contributed by atoms with Gasteiger partial charge in [0.2, 0.25) is 0 Å². The number of anilines is 1. The summed E-state index contributed by atoms with van der Waals surface area (Å²) in [6.45, 7) is 5.03. The maximum atomic E-state index is 5.32. The van der Waals surface area contributed by atoms with E-state index in [4.69, 9.17) is 4.42 Å². The lowest BCUT2D eigenvalue weighted by atomic mass is 10.1. The molecule has 0 aliphatic carbocycles. The molecule has 5 nitrogen and oxygen atoms in total. The largest absolute Gasteiger partial charge is 0.444 e. The van der Waals surface area contributed by atoms with Crippen molar-refractivity contribution in [2.75, 3.05) is 5.32 Å². The highest BCUT2D eigenvalue weighted by Gasteiger charge is 2.06. The van der Waals surface area contributed by atoms with Crippen LogP contribution in [0.1, 0.15) is 25.6 Å². The van der Waals surface area contributed by atoms with Crippen LogP contribution < -0.4 is 5.32 Å². The van der Waals surface area contributed by atoms with E-state index in [1.165, 1.54) is 6.39 Å². The van der Waals surface area contributed by atoms with Crippen molar-refractivity contribution in [3.63, 3.8) is 0 Å². The van der Waals surface area contributed by atoms with Crippen LogP contribution in [0.5, 0.6) is 0 Å². The summed E-state index contributed by atoms with van der Waals surface area (Å²) in [5.41, 5.74) is 3.21. The van der Waals surface area contributed by atoms with Crippen LogP contribution in [0.25, 0.3) is 11.3 Å². The van der Waals surface area contributed by atoms with Crippen LogP contribution in [0.15, 0.2) is 53.8 Å². The molecule has 0 saturated heterocycles. The fourth-order valence-corrected chi connectivity index (χ4v) is 2.27. The number of hydrogen-bond donors (Lipinski definition) is 1. The first kappa shape index (κ1) is 13.4. The molecule has 0 spiro atoms. The molecule has 0 unspecified atom stereocenters. The van der Waals surface area contributed by atoms with E-state index < -0.39 is 0 Å². The second-order valence-electron chi connectivity index (χ2n) is 5.19. The molecule has 3 aromatic rings. The van der Waals surface area contributed by atoms with Gasteiger partial charge in [-0.3, -0.25) is 0 Å². The van der Waals surface area contributed by atoms with Gasteiger partial charge in [0.05, 0.1) is 24.8 Å². The van der Waals surface area contributed by atoms with E-state index in [2.05, 4.69) is 39.8 Å². The van der Waals surface area contributed by atoms with Gasteiger partial charge in [0, 0.05) is 23.5 Å². The fourth-order valence-electron chi connectivity index (χ4n) is 2.27. The van der Waals surface area contributed by atoms with Gasteiger partial charge in [0.15, 0.2) is 12.2 Å². The SMILES string of the molecule is CC(C)n1cncc1CNc1cccc(-c2cnco2)c1. The Morgan fingerprint density at radius 2 is 2.14 bits per heavy atom. The topological polar surface area (TPSA) is 55.9 Å². The van der Waals surface area contributed by atoms with Crippen molar-refractivity contribution >= 4 is 5.69 Å². The Morgan fingerprint density at radius 3 is 2.90 bits per heavy atom. The minimum atomic E-state index is 0.407. The lowest BCUT2D eigenvalue weighted by Gasteiger charge is -2.13. The Kier molecular flexibility index (Phi) is 3.73. The first-order valence-corrected chi connectivity index (χ1v) is 6.97. The summed E-state index contributed by atoms with van der Waals surface area (Å²) in [7, 11) is 0. The maximum absolute atomic E-state index is 5.32. The molecule has 5 heteroatoms. The Bertz CT molecular complexity index is 701. The molecule has 0 amide bonds. The summed E-state index contributed by atoms with van der Waals surface area (Å²) in [5.74, 6) is 0.769. The third kappa shape index (κ3) is 2.97. The van der Waals surface area contributed by atoms with Crippen LogP contribution in [0.2, 0.25) is 0 Å². The van der Waals surface area contributed by atoms with Crippen molar-refractivity contribution in [2.24, 2.45) is 0 Å². The van der Waals surface area contributed by atoms with E-state index in [1.54, 1.807) is 6.20 Å². The molecular formula is C16H18N4O. The number of imidazole rings is 1. The van der Waals surface area contributed by atoms with Gasteiger partial charge in [-0.25, -0.2) is 9.97 Å². The van der Waals surface area contributed by atoms with Crippen molar-refractivity contribution in [1.29, 1.82) is 0 Å². The summed E-state index contributed by atoms with van der Waals surface area (Å²) in [6, 6.07) is 8.50. The quantitative estimate of drug-likeness (QED) is 0.774. The van der Waals surface area contributed by atoms with Crippen molar-refractivity contribution in [2.45, 2.75) is 26.4 Å². The molecule has 0 radical (unpaired) electrons. The molecule has 1 aromatic carbocycles. The number of hydrogen-bond acceptors (Lipinski definition) is 4. The third-order valence-corrected chi connectivity index (χ3v) is 3.36. The number of benzene rings is 1. The molecule has 108 valence electrons. The lowest BCUT2D eigenvalue weighted by Crippen LogP contribution is -2.08. The number of aromatic nitrogens is 3. The molecule has 21 heavy (non-hydrogen) atoms. The Balaban J connectivity index is 1.74. The highest BCUT2D eigenvalue weighted by atomic mass is 16.3. The second-order valence-corrected chi connectivity index (χ2v) is 5.19. The highest BCUT2D eigenvalue weighted by Crippen LogP contribution is 2.22. The molecular weight excluding hydrogens is 264 g/mol. The molecule has 0 aliphatic rings. The van der Waals surface area contributed by atoms with Gasteiger partial charge in [0.1, 0.15) is 0 Å². The predicted octanol–water partition coefficient (Wildman–Crippen LogP) is 3.73. The summed E-state index contributed by atoms with van der Waals surface area (Å²) >= 11 is 0. The van der Waals surface area contributed by atoms with Crippen molar-refractivity contribution < 1.29 is 4.42 Å². The smallest absolute Gasteiger partial charge is 0.181 e. The molecule has 2 heterocycles. The molecule has 0 atom stereocenters. The number of oxazole rings is 1. The summed E-state index contributed by atoms with van der Waals surface area (Å²) in [6.07, 6.45) is 6.92. The zero-order chi connectivity index (χ0) is 14.7. The first-order chi connectivity index (χ1) is 10.2. The molecule has 2 aromatic heterocycles. The molecule has 0 saturated carbocycles. The van der Waals surface area contributed by atoms with Crippen LogP contribution in [-0.2, 0) is 6.54 Å². The van der Waals surface area contributed by atoms with Gasteiger partial charge in [-0.1, -0.05) is 12.1 Å². The average molecular weight is 282 g/mol. The van der Waals surface area contributed by atoms with Gasteiger partial charge >= 0.3 is 0 Å². The normalized spacial score (nSPS) is 11.0. The minimum Gasteiger partial charge on any atom is -0.444 e. The number of nitrogens with one attached hydrogen (secondary N) is 1. The molecule has 0 aliphatic heterocycles. The van der Waals surface area contributed by atoms with Crippen LogP contribution in [0.4, 0.5) is 5.69 Å². The zero-order valence-electron chi connectivity index (χ0n) is 12.2. The standard InChI is InChI=1S/C16H18N4O/c1-12(2)20-10-17-7-15(20)8-19-14-5-3-4-13(6-14)16-9-18-11-21-16/h3-7,9-12,19H,8H2,1-2H3. The van der Waals surface area contributed by atoms with Crippen LogP contribution in [-0.4, -0.2) is 14.5 Å². The minimum absolute atomic E-state index is 0.407.